The molecule has 0 aliphatic carbocycles. The fourth-order valence-corrected chi connectivity index (χ4v) is 4.06. The van der Waals surface area contributed by atoms with Crippen molar-refractivity contribution < 1.29 is 9.15 Å². The van der Waals surface area contributed by atoms with Crippen LogP contribution in [-0.4, -0.2) is 28.8 Å². The number of rotatable bonds is 5. The first-order valence-electron chi connectivity index (χ1n) is 8.08. The summed E-state index contributed by atoms with van der Waals surface area (Å²) in [5.41, 5.74) is 0.908. The van der Waals surface area contributed by atoms with Crippen LogP contribution in [0.2, 0.25) is 0 Å². The van der Waals surface area contributed by atoms with Gasteiger partial charge in [-0.3, -0.25) is 4.90 Å². The summed E-state index contributed by atoms with van der Waals surface area (Å²) in [7, 11) is 1.65. The summed E-state index contributed by atoms with van der Waals surface area (Å²) in [6.45, 7) is 1.77. The highest BCUT2D eigenvalue weighted by Crippen LogP contribution is 2.35. The van der Waals surface area contributed by atoms with Crippen LogP contribution in [0.1, 0.15) is 29.7 Å². The summed E-state index contributed by atoms with van der Waals surface area (Å²) >= 11 is 1.82. The quantitative estimate of drug-likeness (QED) is 0.698. The van der Waals surface area contributed by atoms with Crippen molar-refractivity contribution in [1.82, 2.24) is 15.1 Å². The minimum Gasteiger partial charge on any atom is -0.497 e. The molecule has 0 bridgehead atoms. The lowest BCUT2D eigenvalue weighted by molar-refractivity contribution is 0.227. The molecule has 124 valence electrons. The van der Waals surface area contributed by atoms with E-state index in [-0.39, 0.29) is 0 Å². The third-order valence-corrected chi connectivity index (χ3v) is 5.35. The summed E-state index contributed by atoms with van der Waals surface area (Å²) in [5.74, 6) is 2.04. The van der Waals surface area contributed by atoms with E-state index < -0.39 is 0 Å². The van der Waals surface area contributed by atoms with E-state index in [4.69, 9.17) is 9.15 Å². The van der Waals surface area contributed by atoms with Crippen LogP contribution < -0.4 is 4.74 Å². The monoisotopic (exact) mass is 341 g/mol. The van der Waals surface area contributed by atoms with Crippen LogP contribution in [0.5, 0.6) is 5.75 Å². The number of methoxy groups -OCH3 is 1. The van der Waals surface area contributed by atoms with Gasteiger partial charge >= 0.3 is 0 Å². The lowest BCUT2D eigenvalue weighted by Gasteiger charge is -2.21. The van der Waals surface area contributed by atoms with Crippen molar-refractivity contribution in [2.24, 2.45) is 0 Å². The van der Waals surface area contributed by atoms with Gasteiger partial charge in [0.05, 0.1) is 13.7 Å². The fraction of sp³-hybridized carbons (Fsp3) is 0.333. The molecule has 3 aromatic rings. The van der Waals surface area contributed by atoms with E-state index in [1.54, 1.807) is 7.11 Å². The molecule has 3 heterocycles. The van der Waals surface area contributed by atoms with Gasteiger partial charge in [-0.25, -0.2) is 0 Å². The van der Waals surface area contributed by atoms with Gasteiger partial charge in [-0.1, -0.05) is 6.07 Å². The topological polar surface area (TPSA) is 51.4 Å². The number of hydrogen-bond donors (Lipinski definition) is 0. The van der Waals surface area contributed by atoms with Gasteiger partial charge in [0.1, 0.15) is 5.75 Å². The summed E-state index contributed by atoms with van der Waals surface area (Å²) in [6, 6.07) is 12.5. The molecule has 0 amide bonds. The minimum atomic E-state index is 0.473. The number of likely N-dealkylation sites (tertiary alicyclic amines) is 1. The van der Waals surface area contributed by atoms with E-state index >= 15 is 0 Å². The van der Waals surface area contributed by atoms with E-state index in [2.05, 4.69) is 32.6 Å². The summed E-state index contributed by atoms with van der Waals surface area (Å²) in [5, 5.41) is 10.6. The van der Waals surface area contributed by atoms with Crippen molar-refractivity contribution in [3.8, 4) is 17.2 Å². The molecular weight excluding hydrogens is 322 g/mol. The standard InChI is InChI=1S/C18H19N3O2S/c1-22-14-8-6-13(7-9-14)18-20-19-17(23-18)12-21-10-2-4-15(21)16-5-3-11-24-16/h3,5-9,11,15H,2,4,10,12H2,1H3/t15-/m1/s1. The number of benzene rings is 1. The Hall–Kier alpha value is -2.18. The molecule has 2 aromatic heterocycles. The Bertz CT molecular complexity index is 783. The molecule has 0 unspecified atom stereocenters. The maximum absolute atomic E-state index is 5.87. The second-order valence-electron chi connectivity index (χ2n) is 5.87. The van der Waals surface area contributed by atoms with Gasteiger partial charge in [0.15, 0.2) is 0 Å². The maximum Gasteiger partial charge on any atom is 0.247 e. The molecular formula is C18H19N3O2S. The summed E-state index contributed by atoms with van der Waals surface area (Å²) in [6.07, 6.45) is 2.40. The van der Waals surface area contributed by atoms with Gasteiger partial charge in [0, 0.05) is 16.5 Å². The average Bonchev–Trinajstić information content (AvgIpc) is 3.37. The highest BCUT2D eigenvalue weighted by Gasteiger charge is 2.28. The first-order valence-corrected chi connectivity index (χ1v) is 8.96. The molecule has 0 saturated carbocycles. The normalized spacial score (nSPS) is 18.1. The van der Waals surface area contributed by atoms with Crippen LogP contribution >= 0.6 is 11.3 Å². The van der Waals surface area contributed by atoms with Gasteiger partial charge < -0.3 is 9.15 Å². The van der Waals surface area contributed by atoms with Crippen molar-refractivity contribution in [2.75, 3.05) is 13.7 Å². The van der Waals surface area contributed by atoms with Crippen LogP contribution in [0.15, 0.2) is 46.2 Å². The minimum absolute atomic E-state index is 0.473. The van der Waals surface area contributed by atoms with Crippen molar-refractivity contribution >= 4 is 11.3 Å². The van der Waals surface area contributed by atoms with Crippen molar-refractivity contribution in [2.45, 2.75) is 25.4 Å². The largest absolute Gasteiger partial charge is 0.497 e. The lowest BCUT2D eigenvalue weighted by atomic mass is 10.2. The van der Waals surface area contributed by atoms with Gasteiger partial charge in [-0.05, 0) is 55.1 Å². The molecule has 0 N–H and O–H groups in total. The number of nitrogens with zero attached hydrogens (tertiary/aromatic N) is 3. The number of hydrogen-bond acceptors (Lipinski definition) is 6. The molecule has 0 radical (unpaired) electrons. The predicted octanol–water partition coefficient (Wildman–Crippen LogP) is 4.14. The Morgan fingerprint density at radius 3 is 2.88 bits per heavy atom. The first-order chi connectivity index (χ1) is 11.8. The second kappa shape index (κ2) is 6.75. The molecule has 1 fully saturated rings. The zero-order valence-corrected chi connectivity index (χ0v) is 14.3. The van der Waals surface area contributed by atoms with Crippen molar-refractivity contribution in [3.05, 3.63) is 52.5 Å². The Morgan fingerprint density at radius 1 is 1.25 bits per heavy atom. The van der Waals surface area contributed by atoms with Crippen LogP contribution in [0.4, 0.5) is 0 Å². The first kappa shape index (κ1) is 15.4. The second-order valence-corrected chi connectivity index (χ2v) is 6.85. The molecule has 4 rings (SSSR count). The van der Waals surface area contributed by atoms with Gasteiger partial charge in [-0.15, -0.1) is 21.5 Å². The van der Waals surface area contributed by atoms with Crippen LogP contribution in [-0.2, 0) is 6.54 Å². The Kier molecular flexibility index (Phi) is 4.32. The van der Waals surface area contributed by atoms with E-state index in [9.17, 15) is 0 Å². The highest BCUT2D eigenvalue weighted by molar-refractivity contribution is 7.10. The molecule has 24 heavy (non-hydrogen) atoms. The molecule has 1 saturated heterocycles. The Morgan fingerprint density at radius 2 is 2.12 bits per heavy atom. The molecule has 0 spiro atoms. The molecule has 6 heteroatoms. The van der Waals surface area contributed by atoms with Crippen molar-refractivity contribution in [3.63, 3.8) is 0 Å². The molecule has 1 atom stereocenters. The van der Waals surface area contributed by atoms with Crippen LogP contribution in [0, 0.1) is 0 Å². The molecule has 1 aliphatic rings. The van der Waals surface area contributed by atoms with Gasteiger partial charge in [0.25, 0.3) is 0 Å². The van der Waals surface area contributed by atoms with E-state index in [1.165, 1.54) is 17.7 Å². The highest BCUT2D eigenvalue weighted by atomic mass is 32.1. The van der Waals surface area contributed by atoms with E-state index in [0.717, 1.165) is 17.9 Å². The Labute approximate surface area is 144 Å². The third kappa shape index (κ3) is 3.07. The SMILES string of the molecule is COc1ccc(-c2nnc(CN3CCC[C@@H]3c3cccs3)o2)cc1. The summed E-state index contributed by atoms with van der Waals surface area (Å²) in [4.78, 5) is 3.85. The van der Waals surface area contributed by atoms with E-state index in [0.29, 0.717) is 24.4 Å². The lowest BCUT2D eigenvalue weighted by Crippen LogP contribution is -2.22. The number of ether oxygens (including phenoxy) is 1. The molecule has 1 aromatic carbocycles. The third-order valence-electron chi connectivity index (χ3n) is 4.38. The molecule has 1 aliphatic heterocycles. The maximum atomic E-state index is 5.87. The zero-order valence-electron chi connectivity index (χ0n) is 13.5. The van der Waals surface area contributed by atoms with Crippen LogP contribution in [0.25, 0.3) is 11.5 Å². The van der Waals surface area contributed by atoms with Gasteiger partial charge in [-0.2, -0.15) is 0 Å². The Balaban J connectivity index is 1.48. The zero-order chi connectivity index (χ0) is 16.4. The van der Waals surface area contributed by atoms with Crippen molar-refractivity contribution in [1.29, 1.82) is 0 Å². The number of aromatic nitrogens is 2. The smallest absolute Gasteiger partial charge is 0.247 e. The van der Waals surface area contributed by atoms with Crippen LogP contribution in [0.3, 0.4) is 0 Å². The van der Waals surface area contributed by atoms with E-state index in [1.807, 2.05) is 35.6 Å². The predicted molar refractivity (Wildman–Crippen MR) is 93.0 cm³/mol. The molecule has 5 nitrogen and oxygen atoms in total. The summed E-state index contributed by atoms with van der Waals surface area (Å²) < 4.78 is 11.0. The number of thiophene rings is 1. The average molecular weight is 341 g/mol. The fourth-order valence-electron chi connectivity index (χ4n) is 3.16. The van der Waals surface area contributed by atoms with Gasteiger partial charge in [0.2, 0.25) is 11.8 Å².